The summed E-state index contributed by atoms with van der Waals surface area (Å²) in [7, 11) is 0. The van der Waals surface area contributed by atoms with Crippen LogP contribution in [0.2, 0.25) is 0 Å². The summed E-state index contributed by atoms with van der Waals surface area (Å²) in [6, 6.07) is 4.49. The number of carboxylic acids is 1. The van der Waals surface area contributed by atoms with Crippen LogP contribution in [0, 0.1) is 5.82 Å². The predicted octanol–water partition coefficient (Wildman–Crippen LogP) is 4.63. The van der Waals surface area contributed by atoms with Gasteiger partial charge < -0.3 is 19.9 Å². The van der Waals surface area contributed by atoms with Crippen molar-refractivity contribution in [3.05, 3.63) is 66.0 Å². The Hall–Kier alpha value is -2.96. The molecule has 3 rings (SSSR count). The van der Waals surface area contributed by atoms with Gasteiger partial charge in [-0.25, -0.2) is 4.39 Å². The Morgan fingerprint density at radius 2 is 1.87 bits per heavy atom. The van der Waals surface area contributed by atoms with Crippen LogP contribution in [0.15, 0.2) is 54.5 Å². The Bertz CT molecular complexity index is 1240. The lowest BCUT2D eigenvalue weighted by Gasteiger charge is -2.15. The molecule has 0 aliphatic heterocycles. The molecule has 0 fully saturated rings. The molecule has 0 aliphatic carbocycles. The van der Waals surface area contributed by atoms with Crippen molar-refractivity contribution < 1.29 is 30.0 Å². The van der Waals surface area contributed by atoms with E-state index in [-0.39, 0.29) is 18.0 Å². The predicted molar refractivity (Wildman–Crippen MR) is 116 cm³/mol. The first kappa shape index (κ1) is 16.8. The van der Waals surface area contributed by atoms with Crippen molar-refractivity contribution in [1.29, 1.82) is 0 Å². The van der Waals surface area contributed by atoms with Crippen LogP contribution in [0.5, 0.6) is 0 Å². The molecule has 2 aromatic carbocycles. The molecule has 0 bridgehead atoms. The quantitative estimate of drug-likeness (QED) is 0.501. The van der Waals surface area contributed by atoms with Crippen molar-refractivity contribution in [2.45, 2.75) is 44.9 Å². The minimum atomic E-state index is -1.25. The number of fused-ring (bicyclic) bond motifs is 1. The summed E-state index contributed by atoms with van der Waals surface area (Å²) in [4.78, 5) is 10.8. The van der Waals surface area contributed by atoms with Crippen LogP contribution < -0.4 is 0 Å². The number of aliphatic hydroxyl groups is 2. The van der Waals surface area contributed by atoms with Gasteiger partial charge in [0.2, 0.25) is 0 Å². The lowest BCUT2D eigenvalue weighted by atomic mass is 10.0. The van der Waals surface area contributed by atoms with E-state index >= 15 is 0 Å². The van der Waals surface area contributed by atoms with Gasteiger partial charge in [0.05, 0.1) is 24.1 Å². The first-order valence-corrected chi connectivity index (χ1v) is 9.60. The fourth-order valence-electron chi connectivity index (χ4n) is 3.53. The third-order valence-corrected chi connectivity index (χ3v) is 4.71. The Balaban J connectivity index is 2.27. The highest BCUT2D eigenvalue weighted by Crippen LogP contribution is 2.38. The van der Waals surface area contributed by atoms with Gasteiger partial charge in [-0.1, -0.05) is 36.4 Å². The molecule has 3 N–H and O–H groups in total. The van der Waals surface area contributed by atoms with Crippen LogP contribution >= 0.6 is 0 Å². The maximum atomic E-state index is 14.2. The molecular weight excluding hydrogens is 385 g/mol. The van der Waals surface area contributed by atoms with Crippen molar-refractivity contribution in [3.63, 3.8) is 0 Å². The molecule has 0 saturated carbocycles. The summed E-state index contributed by atoms with van der Waals surface area (Å²) in [6.45, 7) is 3.83. The van der Waals surface area contributed by atoms with Crippen LogP contribution in [0.3, 0.4) is 0 Å². The highest BCUT2D eigenvalue weighted by molar-refractivity contribution is 6.01. The zero-order valence-electron chi connectivity index (χ0n) is 20.7. The smallest absolute Gasteiger partial charge is 0.305 e. The van der Waals surface area contributed by atoms with E-state index in [0.29, 0.717) is 16.6 Å². The minimum Gasteiger partial charge on any atom is -0.481 e. The van der Waals surface area contributed by atoms with E-state index in [1.165, 1.54) is 6.08 Å². The number of halogens is 1. The summed E-state index contributed by atoms with van der Waals surface area (Å²) >= 11 is 0. The second-order valence-corrected chi connectivity index (χ2v) is 7.34. The van der Waals surface area contributed by atoms with Crippen LogP contribution in [0.1, 0.15) is 43.9 Å². The zero-order valence-corrected chi connectivity index (χ0v) is 16.7. The number of carbonyl (C=O) groups is 1. The average molecular weight is 415 g/mol. The van der Waals surface area contributed by atoms with Crippen molar-refractivity contribution in [3.8, 4) is 11.1 Å². The average Bonchev–Trinajstić information content (AvgIpc) is 3.08. The van der Waals surface area contributed by atoms with Crippen molar-refractivity contribution in [1.82, 2.24) is 4.57 Å². The van der Waals surface area contributed by atoms with Gasteiger partial charge in [-0.2, -0.15) is 0 Å². The van der Waals surface area contributed by atoms with E-state index in [0.717, 1.165) is 5.52 Å². The molecule has 0 saturated heterocycles. The van der Waals surface area contributed by atoms with Crippen molar-refractivity contribution >= 4 is 22.9 Å². The van der Waals surface area contributed by atoms with E-state index in [2.05, 4.69) is 0 Å². The number of aromatic nitrogens is 1. The van der Waals surface area contributed by atoms with E-state index in [1.807, 2.05) is 30.5 Å². The fourth-order valence-corrected chi connectivity index (χ4v) is 3.53. The molecule has 3 aromatic rings. The number of hydrogen-bond donors (Lipinski definition) is 3. The zero-order chi connectivity index (χ0) is 25.3. The molecule has 0 radical (unpaired) electrons. The van der Waals surface area contributed by atoms with Crippen LogP contribution in [0.4, 0.5) is 4.39 Å². The van der Waals surface area contributed by atoms with Crippen LogP contribution in [-0.4, -0.2) is 38.1 Å². The van der Waals surface area contributed by atoms with Gasteiger partial charge in [-0.05, 0) is 43.6 Å². The lowest BCUT2D eigenvalue weighted by Crippen LogP contribution is -2.19. The molecule has 6 heteroatoms. The largest absolute Gasteiger partial charge is 0.481 e. The molecule has 2 atom stereocenters. The molecule has 0 spiro atoms. The minimum absolute atomic E-state index is 0.0629. The van der Waals surface area contributed by atoms with Crippen molar-refractivity contribution in [2.75, 3.05) is 0 Å². The van der Waals surface area contributed by atoms with Gasteiger partial charge in [0.1, 0.15) is 5.82 Å². The maximum absolute atomic E-state index is 14.2. The molecule has 0 amide bonds. The molecule has 158 valence electrons. The van der Waals surface area contributed by atoms with E-state index in [4.69, 9.17) is 10.6 Å². The Labute approximate surface area is 180 Å². The van der Waals surface area contributed by atoms with Gasteiger partial charge in [0.15, 0.2) is 0 Å². The molecule has 0 aliphatic rings. The van der Waals surface area contributed by atoms with Gasteiger partial charge in [0, 0.05) is 34.6 Å². The molecule has 0 unspecified atom stereocenters. The highest BCUT2D eigenvalue weighted by atomic mass is 19.1. The Morgan fingerprint density at radius 1 is 1.20 bits per heavy atom. The first-order chi connectivity index (χ1) is 16.0. The number of aliphatic hydroxyl groups excluding tert-OH is 2. The lowest BCUT2D eigenvalue weighted by molar-refractivity contribution is -0.139. The SMILES string of the molecule is [2H]c1c([2H])c(-c2c(/C=C/[C@@H](O)C[C@@H](O)CC(=O)O)n(C(C)C)c3ccccc23)c([2H])c([2H])c1F. The standard InChI is InChI=1S/C24H26FNO4/c1-15(2)26-21-6-4-3-5-20(21)24(16-7-9-17(25)10-8-16)22(26)12-11-18(27)13-19(28)14-23(29)30/h3-12,15,18-19,27-28H,13-14H2,1-2H3,(H,29,30)/b12-11+/t18-,19-/m1/s1/i7D,8D,9D,10D. The third-order valence-electron chi connectivity index (χ3n) is 4.71. The normalized spacial score (nSPS) is 15.8. The molecular formula is C24H26FNO4. The summed E-state index contributed by atoms with van der Waals surface area (Å²) in [6.07, 6.45) is -0.233. The number of para-hydroxylation sites is 1. The number of nitrogens with zero attached hydrogens (tertiary/aromatic N) is 1. The van der Waals surface area contributed by atoms with E-state index in [9.17, 15) is 19.4 Å². The summed E-state index contributed by atoms with van der Waals surface area (Å²) < 4.78 is 48.7. The van der Waals surface area contributed by atoms with Crippen LogP contribution in [-0.2, 0) is 4.79 Å². The topological polar surface area (TPSA) is 82.7 Å². The van der Waals surface area contributed by atoms with E-state index in [1.54, 1.807) is 18.2 Å². The van der Waals surface area contributed by atoms with Crippen LogP contribution in [0.25, 0.3) is 28.1 Å². The number of benzene rings is 2. The van der Waals surface area contributed by atoms with Gasteiger partial charge in [-0.3, -0.25) is 4.79 Å². The maximum Gasteiger partial charge on any atom is 0.305 e. The number of carboxylic acid groups (broad SMARTS) is 1. The second kappa shape index (κ2) is 9.24. The van der Waals surface area contributed by atoms with Crippen molar-refractivity contribution in [2.24, 2.45) is 0 Å². The summed E-state index contributed by atoms with van der Waals surface area (Å²) in [5.41, 5.74) is 1.51. The Morgan fingerprint density at radius 3 is 2.50 bits per heavy atom. The number of rotatable bonds is 8. The third kappa shape index (κ3) is 4.78. The van der Waals surface area contributed by atoms with E-state index < -0.39 is 54.6 Å². The number of aliphatic carboxylic acids is 1. The van der Waals surface area contributed by atoms with Gasteiger partial charge >= 0.3 is 5.97 Å². The van der Waals surface area contributed by atoms with Gasteiger partial charge in [0.25, 0.3) is 0 Å². The first-order valence-electron chi connectivity index (χ1n) is 11.6. The summed E-state index contributed by atoms with van der Waals surface area (Å²) in [5, 5.41) is 29.6. The monoisotopic (exact) mass is 415 g/mol. The highest BCUT2D eigenvalue weighted by Gasteiger charge is 2.19. The number of hydrogen-bond acceptors (Lipinski definition) is 3. The molecule has 5 nitrogen and oxygen atoms in total. The summed E-state index contributed by atoms with van der Waals surface area (Å²) in [5.74, 6) is -2.42. The molecule has 30 heavy (non-hydrogen) atoms. The fraction of sp³-hybridized carbons (Fsp3) is 0.292. The Kier molecular flexibility index (Phi) is 5.17. The van der Waals surface area contributed by atoms with Gasteiger partial charge in [-0.15, -0.1) is 0 Å². The molecule has 1 heterocycles. The molecule has 1 aromatic heterocycles. The second-order valence-electron chi connectivity index (χ2n) is 7.34.